The number of carbonyl (C=O) groups excluding carboxylic acids is 2. The predicted molar refractivity (Wildman–Crippen MR) is 67.9 cm³/mol. The second-order valence-corrected chi connectivity index (χ2v) is 5.11. The number of alkyl halides is 2. The fourth-order valence-corrected chi connectivity index (χ4v) is 1.50. The van der Waals surface area contributed by atoms with Gasteiger partial charge in [0.25, 0.3) is 0 Å². The van der Waals surface area contributed by atoms with Gasteiger partial charge in [-0.2, -0.15) is 0 Å². The van der Waals surface area contributed by atoms with Gasteiger partial charge in [-0.1, -0.05) is 45.7 Å². The summed E-state index contributed by atoms with van der Waals surface area (Å²) in [6, 6.07) is 0. The standard InChI is InChI=1S/C10H16Br2O4/c1-3-5-15-9(13)7(11)8(12)10(14)16-6-4-2/h7-8H,3-6H2,1-2H3/t7-,8-/m0/s1. The van der Waals surface area contributed by atoms with Crippen LogP contribution in [0.15, 0.2) is 0 Å². The first kappa shape index (κ1) is 15.9. The molecule has 0 heterocycles. The summed E-state index contributed by atoms with van der Waals surface area (Å²) in [4.78, 5) is 21.4. The molecule has 0 spiro atoms. The van der Waals surface area contributed by atoms with E-state index in [1.165, 1.54) is 0 Å². The molecule has 0 aromatic heterocycles. The molecule has 0 N–H and O–H groups in total. The summed E-state index contributed by atoms with van der Waals surface area (Å²) >= 11 is 6.22. The molecular formula is C10H16Br2O4. The lowest BCUT2D eigenvalue weighted by atomic mass is 10.3. The Morgan fingerprint density at radius 2 is 1.25 bits per heavy atom. The molecule has 0 radical (unpaired) electrons. The molecule has 0 saturated heterocycles. The van der Waals surface area contributed by atoms with Crippen molar-refractivity contribution in [2.45, 2.75) is 36.3 Å². The molecule has 0 aliphatic heterocycles. The summed E-state index contributed by atoms with van der Waals surface area (Å²) in [5.74, 6) is -0.922. The van der Waals surface area contributed by atoms with E-state index in [2.05, 4.69) is 31.9 Å². The molecule has 0 aromatic carbocycles. The third-order valence-corrected chi connectivity index (χ3v) is 4.12. The van der Waals surface area contributed by atoms with Gasteiger partial charge in [0.05, 0.1) is 13.2 Å². The molecule has 2 atom stereocenters. The smallest absolute Gasteiger partial charge is 0.321 e. The Morgan fingerprint density at radius 3 is 1.50 bits per heavy atom. The van der Waals surface area contributed by atoms with Crippen molar-refractivity contribution in [1.29, 1.82) is 0 Å². The number of carbonyl (C=O) groups is 2. The molecule has 0 aliphatic rings. The van der Waals surface area contributed by atoms with Crippen LogP contribution in [-0.2, 0) is 19.1 Å². The van der Waals surface area contributed by atoms with E-state index < -0.39 is 21.6 Å². The average molecular weight is 360 g/mol. The molecule has 6 heteroatoms. The van der Waals surface area contributed by atoms with Crippen molar-refractivity contribution in [2.75, 3.05) is 13.2 Å². The molecule has 0 bridgehead atoms. The molecule has 4 nitrogen and oxygen atoms in total. The van der Waals surface area contributed by atoms with Crippen molar-refractivity contribution in [3.8, 4) is 0 Å². The largest absolute Gasteiger partial charge is 0.465 e. The van der Waals surface area contributed by atoms with Crippen LogP contribution in [-0.4, -0.2) is 34.8 Å². The average Bonchev–Trinajstić information content (AvgIpc) is 2.30. The van der Waals surface area contributed by atoms with Crippen LogP contribution < -0.4 is 0 Å². The van der Waals surface area contributed by atoms with Gasteiger partial charge in [-0.25, -0.2) is 0 Å². The van der Waals surface area contributed by atoms with Crippen molar-refractivity contribution in [2.24, 2.45) is 0 Å². The van der Waals surface area contributed by atoms with Gasteiger partial charge in [0, 0.05) is 0 Å². The number of hydrogen-bond acceptors (Lipinski definition) is 4. The number of esters is 2. The molecule has 16 heavy (non-hydrogen) atoms. The minimum absolute atomic E-state index is 0.352. The second-order valence-electron chi connectivity index (χ2n) is 3.14. The van der Waals surface area contributed by atoms with Crippen LogP contribution in [0, 0.1) is 0 Å². The SMILES string of the molecule is CCCOC(=O)[C@@H](Br)[C@H](Br)C(=O)OCCC. The van der Waals surface area contributed by atoms with Gasteiger partial charge in [0.2, 0.25) is 0 Å². The lowest BCUT2D eigenvalue weighted by Gasteiger charge is -2.14. The van der Waals surface area contributed by atoms with Gasteiger partial charge in [-0.3, -0.25) is 9.59 Å². The van der Waals surface area contributed by atoms with Gasteiger partial charge >= 0.3 is 11.9 Å². The summed E-state index contributed by atoms with van der Waals surface area (Å²) < 4.78 is 9.81. The number of rotatable bonds is 7. The maximum Gasteiger partial charge on any atom is 0.321 e. The summed E-state index contributed by atoms with van der Waals surface area (Å²) in [6.07, 6.45) is 1.50. The first-order valence-corrected chi connectivity index (χ1v) is 6.99. The van der Waals surface area contributed by atoms with Crippen LogP contribution in [0.5, 0.6) is 0 Å². The van der Waals surface area contributed by atoms with E-state index in [9.17, 15) is 9.59 Å². The second kappa shape index (κ2) is 8.98. The Morgan fingerprint density at radius 1 is 0.938 bits per heavy atom. The fourth-order valence-electron chi connectivity index (χ4n) is 0.803. The molecule has 0 unspecified atom stereocenters. The Balaban J connectivity index is 4.09. The van der Waals surface area contributed by atoms with E-state index in [4.69, 9.17) is 9.47 Å². The van der Waals surface area contributed by atoms with E-state index in [-0.39, 0.29) is 0 Å². The fraction of sp³-hybridized carbons (Fsp3) is 0.800. The zero-order valence-corrected chi connectivity index (χ0v) is 12.5. The van der Waals surface area contributed by atoms with Crippen molar-refractivity contribution >= 4 is 43.8 Å². The lowest BCUT2D eigenvalue weighted by Crippen LogP contribution is -2.33. The minimum atomic E-state index is -0.719. The topological polar surface area (TPSA) is 52.6 Å². The highest BCUT2D eigenvalue weighted by atomic mass is 79.9. The highest BCUT2D eigenvalue weighted by molar-refractivity contribution is 9.12. The maximum atomic E-state index is 11.4. The van der Waals surface area contributed by atoms with E-state index in [1.807, 2.05) is 13.8 Å². The molecule has 0 aliphatic carbocycles. The molecule has 0 fully saturated rings. The van der Waals surface area contributed by atoms with Gasteiger partial charge in [-0.05, 0) is 12.8 Å². The third kappa shape index (κ3) is 5.84. The van der Waals surface area contributed by atoms with Crippen LogP contribution in [0.4, 0.5) is 0 Å². The van der Waals surface area contributed by atoms with Crippen LogP contribution in [0.25, 0.3) is 0 Å². The normalized spacial score (nSPS) is 14.0. The number of hydrogen-bond donors (Lipinski definition) is 0. The number of halogens is 2. The Bertz CT molecular complexity index is 209. The van der Waals surface area contributed by atoms with Crippen LogP contribution in [0.2, 0.25) is 0 Å². The van der Waals surface area contributed by atoms with Crippen molar-refractivity contribution < 1.29 is 19.1 Å². The van der Waals surface area contributed by atoms with E-state index in [1.54, 1.807) is 0 Å². The molecule has 0 rings (SSSR count). The van der Waals surface area contributed by atoms with Gasteiger partial charge < -0.3 is 9.47 Å². The first-order chi connectivity index (χ1) is 7.54. The Labute approximate surface area is 112 Å². The minimum Gasteiger partial charge on any atom is -0.465 e. The van der Waals surface area contributed by atoms with Gasteiger partial charge in [0.1, 0.15) is 9.65 Å². The summed E-state index contributed by atoms with van der Waals surface area (Å²) in [6.45, 7) is 4.50. The number of ether oxygens (including phenoxy) is 2. The van der Waals surface area contributed by atoms with Gasteiger partial charge in [0.15, 0.2) is 0 Å². The third-order valence-electron chi connectivity index (χ3n) is 1.60. The highest BCUT2D eigenvalue weighted by Crippen LogP contribution is 2.17. The highest BCUT2D eigenvalue weighted by Gasteiger charge is 2.31. The van der Waals surface area contributed by atoms with E-state index in [0.29, 0.717) is 13.2 Å². The Hall–Kier alpha value is -0.100. The molecule has 0 aromatic rings. The quantitative estimate of drug-likeness (QED) is 0.517. The van der Waals surface area contributed by atoms with Crippen LogP contribution in [0.3, 0.4) is 0 Å². The molecule has 0 amide bonds. The van der Waals surface area contributed by atoms with Crippen LogP contribution >= 0.6 is 31.9 Å². The van der Waals surface area contributed by atoms with E-state index >= 15 is 0 Å². The maximum absolute atomic E-state index is 11.4. The molecule has 94 valence electrons. The zero-order chi connectivity index (χ0) is 12.6. The lowest BCUT2D eigenvalue weighted by molar-refractivity contribution is -0.148. The van der Waals surface area contributed by atoms with Crippen molar-refractivity contribution in [1.82, 2.24) is 0 Å². The zero-order valence-electron chi connectivity index (χ0n) is 9.37. The predicted octanol–water partition coefficient (Wildman–Crippen LogP) is 2.42. The molecular weight excluding hydrogens is 344 g/mol. The first-order valence-electron chi connectivity index (χ1n) is 5.16. The monoisotopic (exact) mass is 358 g/mol. The van der Waals surface area contributed by atoms with Gasteiger partial charge in [-0.15, -0.1) is 0 Å². The Kier molecular flexibility index (Phi) is 8.93. The summed E-state index contributed by atoms with van der Waals surface area (Å²) in [5.41, 5.74) is 0. The summed E-state index contributed by atoms with van der Waals surface area (Å²) in [7, 11) is 0. The molecule has 0 saturated carbocycles. The van der Waals surface area contributed by atoms with Crippen LogP contribution in [0.1, 0.15) is 26.7 Å². The van der Waals surface area contributed by atoms with Crippen molar-refractivity contribution in [3.05, 3.63) is 0 Å². The summed E-state index contributed by atoms with van der Waals surface area (Å²) in [5, 5.41) is 0. The van der Waals surface area contributed by atoms with E-state index in [0.717, 1.165) is 12.8 Å². The van der Waals surface area contributed by atoms with Crippen molar-refractivity contribution in [3.63, 3.8) is 0 Å².